The van der Waals surface area contributed by atoms with Gasteiger partial charge >= 0.3 is 0 Å². The zero-order valence-corrected chi connectivity index (χ0v) is 19.6. The summed E-state index contributed by atoms with van der Waals surface area (Å²) in [5.74, 6) is 2.54. The molecule has 2 aromatic carbocycles. The minimum Gasteiger partial charge on any atom is -0.494 e. The van der Waals surface area contributed by atoms with Crippen molar-refractivity contribution in [1.29, 1.82) is 0 Å². The average molecular weight is 402 g/mol. The minimum atomic E-state index is 0.741. The second kappa shape index (κ2) is 11.8. The molecule has 2 aromatic rings. The molecule has 0 N–H and O–H groups in total. The summed E-state index contributed by atoms with van der Waals surface area (Å²) in [5.41, 5.74) is 4.01. The largest absolute Gasteiger partial charge is 0.494 e. The fourth-order valence-corrected chi connectivity index (χ4v) is 4.20. The molecule has 0 amide bonds. The first-order valence-electron chi connectivity index (χ1n) is 10.3. The lowest BCUT2D eigenvalue weighted by atomic mass is 9.98. The van der Waals surface area contributed by atoms with Crippen LogP contribution in [0.5, 0.6) is 5.75 Å². The van der Waals surface area contributed by atoms with Gasteiger partial charge in [-0.3, -0.25) is 0 Å². The van der Waals surface area contributed by atoms with Gasteiger partial charge < -0.3 is 4.74 Å². The second-order valence-corrected chi connectivity index (χ2v) is 9.40. The monoisotopic (exact) mass is 402 g/mol. The maximum absolute atomic E-state index is 5.99. The highest BCUT2D eigenvalue weighted by Crippen LogP contribution is 2.28. The van der Waals surface area contributed by atoms with E-state index >= 15 is 0 Å². The maximum atomic E-state index is 5.99. The molecule has 0 spiro atoms. The van der Waals surface area contributed by atoms with Crippen molar-refractivity contribution >= 4 is 23.1 Å². The predicted molar refractivity (Wildman–Crippen MR) is 127 cm³/mol. The summed E-state index contributed by atoms with van der Waals surface area (Å²) in [6.45, 7) is 10.0. The van der Waals surface area contributed by atoms with E-state index in [1.807, 2.05) is 0 Å². The van der Waals surface area contributed by atoms with E-state index in [0.29, 0.717) is 0 Å². The molecule has 0 aliphatic heterocycles. The molecule has 2 rings (SSSR count). The van der Waals surface area contributed by atoms with Crippen molar-refractivity contribution in [3.8, 4) is 16.9 Å². The molecule has 0 aliphatic carbocycles. The summed E-state index contributed by atoms with van der Waals surface area (Å²) in [6, 6.07) is 15.5. The van der Waals surface area contributed by atoms with Crippen LogP contribution in [0, 0.1) is 11.8 Å². The summed E-state index contributed by atoms with van der Waals surface area (Å²) < 4.78 is 5.99. The van der Waals surface area contributed by atoms with Crippen molar-refractivity contribution in [2.45, 2.75) is 52.6 Å². The van der Waals surface area contributed by atoms with Gasteiger partial charge in [-0.15, -0.1) is 9.24 Å². The fourth-order valence-electron chi connectivity index (χ4n) is 3.31. The summed E-state index contributed by atoms with van der Waals surface area (Å²) in [6.07, 6.45) is 6.10. The molecule has 0 radical (unpaired) electrons. The van der Waals surface area contributed by atoms with E-state index < -0.39 is 0 Å². The highest BCUT2D eigenvalue weighted by Gasteiger charge is 2.07. The third-order valence-corrected chi connectivity index (χ3v) is 6.47. The minimum absolute atomic E-state index is 0.741. The molecular weight excluding hydrogens is 366 g/mol. The molecule has 0 saturated heterocycles. The highest BCUT2D eigenvalue weighted by atomic mass is 31.1. The van der Waals surface area contributed by atoms with Gasteiger partial charge in [0.1, 0.15) is 5.75 Å². The molecule has 1 nitrogen and oxygen atoms in total. The van der Waals surface area contributed by atoms with Crippen LogP contribution in [0.1, 0.15) is 52.0 Å². The number of rotatable bonds is 11. The summed E-state index contributed by atoms with van der Waals surface area (Å²) in [5, 5.41) is 1.42. The summed E-state index contributed by atoms with van der Waals surface area (Å²) in [7, 11) is 3.68. The van der Waals surface area contributed by atoms with Crippen molar-refractivity contribution in [2.24, 2.45) is 11.8 Å². The standard InChI is InChI=1S/C24H36OP2/c1-18(2)6-5-7-19(3)14-15-25-22-11-8-20(9-12-22)24-16-23(27-4)13-10-21(24)17-26/h8-13,16,18-19,27H,5-7,14-15,17,26H2,1-4H3. The molecular formula is C24H36OP2. The first-order valence-corrected chi connectivity index (χ1v) is 12.6. The van der Waals surface area contributed by atoms with E-state index in [9.17, 15) is 0 Å². The lowest BCUT2D eigenvalue weighted by Crippen LogP contribution is -2.05. The molecule has 0 saturated carbocycles. The van der Waals surface area contributed by atoms with Crippen molar-refractivity contribution in [1.82, 2.24) is 0 Å². The van der Waals surface area contributed by atoms with Crippen LogP contribution in [0.3, 0.4) is 0 Å². The van der Waals surface area contributed by atoms with Crippen LogP contribution in [-0.2, 0) is 6.16 Å². The number of benzene rings is 2. The SMILES string of the molecule is CPc1ccc(CP)c(-c2ccc(OCCC(C)CCCC(C)C)cc2)c1. The Balaban J connectivity index is 1.88. The van der Waals surface area contributed by atoms with Crippen LogP contribution in [0.2, 0.25) is 0 Å². The van der Waals surface area contributed by atoms with Gasteiger partial charge in [-0.1, -0.05) is 72.9 Å². The van der Waals surface area contributed by atoms with Crippen LogP contribution in [0.25, 0.3) is 11.1 Å². The van der Waals surface area contributed by atoms with Gasteiger partial charge in [0.05, 0.1) is 6.61 Å². The van der Waals surface area contributed by atoms with Crippen LogP contribution in [-0.4, -0.2) is 13.3 Å². The fraction of sp³-hybridized carbons (Fsp3) is 0.500. The normalized spacial score (nSPS) is 12.8. The molecule has 0 fully saturated rings. The Bertz CT molecular complexity index is 679. The van der Waals surface area contributed by atoms with E-state index in [0.717, 1.165) is 45.4 Å². The smallest absolute Gasteiger partial charge is 0.119 e. The first kappa shape index (κ1) is 22.4. The number of hydrogen-bond acceptors (Lipinski definition) is 1. The first-order chi connectivity index (χ1) is 13.0. The summed E-state index contributed by atoms with van der Waals surface area (Å²) in [4.78, 5) is 0. The van der Waals surface area contributed by atoms with Crippen LogP contribution < -0.4 is 10.0 Å². The Kier molecular flexibility index (Phi) is 9.81. The van der Waals surface area contributed by atoms with Gasteiger partial charge in [0.25, 0.3) is 0 Å². The van der Waals surface area contributed by atoms with E-state index in [2.05, 4.69) is 79.1 Å². The van der Waals surface area contributed by atoms with Crippen molar-refractivity contribution in [2.75, 3.05) is 13.3 Å². The third-order valence-electron chi connectivity index (χ3n) is 5.14. The van der Waals surface area contributed by atoms with Gasteiger partial charge in [-0.25, -0.2) is 0 Å². The van der Waals surface area contributed by atoms with E-state index in [1.165, 1.54) is 41.3 Å². The van der Waals surface area contributed by atoms with Gasteiger partial charge in [-0.2, -0.15) is 0 Å². The van der Waals surface area contributed by atoms with E-state index in [-0.39, 0.29) is 0 Å². The molecule has 0 bridgehead atoms. The average Bonchev–Trinajstić information content (AvgIpc) is 2.67. The lowest BCUT2D eigenvalue weighted by molar-refractivity contribution is 0.276. The Morgan fingerprint density at radius 1 is 0.963 bits per heavy atom. The van der Waals surface area contributed by atoms with Crippen molar-refractivity contribution < 1.29 is 4.74 Å². The predicted octanol–water partition coefficient (Wildman–Crippen LogP) is 6.89. The molecule has 0 aliphatic rings. The Morgan fingerprint density at radius 2 is 1.70 bits per heavy atom. The molecule has 3 unspecified atom stereocenters. The molecule has 3 heteroatoms. The van der Waals surface area contributed by atoms with E-state index in [4.69, 9.17) is 4.74 Å². The Labute approximate surface area is 170 Å². The maximum Gasteiger partial charge on any atom is 0.119 e. The molecule has 3 atom stereocenters. The van der Waals surface area contributed by atoms with E-state index in [1.54, 1.807) is 0 Å². The molecule has 148 valence electrons. The topological polar surface area (TPSA) is 9.23 Å². The highest BCUT2D eigenvalue weighted by molar-refractivity contribution is 7.46. The lowest BCUT2D eigenvalue weighted by Gasteiger charge is -2.14. The van der Waals surface area contributed by atoms with Gasteiger partial charge in [-0.05, 0) is 71.3 Å². The van der Waals surface area contributed by atoms with Crippen LogP contribution in [0.4, 0.5) is 0 Å². The number of ether oxygens (including phenoxy) is 1. The quantitative estimate of drug-likeness (QED) is 0.372. The van der Waals surface area contributed by atoms with Crippen LogP contribution in [0.15, 0.2) is 42.5 Å². The zero-order valence-electron chi connectivity index (χ0n) is 17.4. The van der Waals surface area contributed by atoms with Crippen molar-refractivity contribution in [3.63, 3.8) is 0 Å². The van der Waals surface area contributed by atoms with Crippen LogP contribution >= 0.6 is 17.8 Å². The zero-order chi connectivity index (χ0) is 19.6. The number of hydrogen-bond donors (Lipinski definition) is 0. The molecule has 0 heterocycles. The molecule has 27 heavy (non-hydrogen) atoms. The summed E-state index contributed by atoms with van der Waals surface area (Å²) >= 11 is 0. The van der Waals surface area contributed by atoms with Crippen molar-refractivity contribution in [3.05, 3.63) is 48.0 Å². The van der Waals surface area contributed by atoms with Gasteiger partial charge in [0.2, 0.25) is 0 Å². The van der Waals surface area contributed by atoms with Gasteiger partial charge in [0.15, 0.2) is 0 Å². The Morgan fingerprint density at radius 3 is 2.33 bits per heavy atom. The van der Waals surface area contributed by atoms with Gasteiger partial charge in [0, 0.05) is 0 Å². The third kappa shape index (κ3) is 7.56. The molecule has 0 aromatic heterocycles. The Hall–Kier alpha value is -0.900. The second-order valence-electron chi connectivity index (χ2n) is 7.92.